The van der Waals surface area contributed by atoms with E-state index >= 15 is 0 Å². The molecule has 3 aromatic carbocycles. The van der Waals surface area contributed by atoms with Gasteiger partial charge in [-0.2, -0.15) is 5.26 Å². The van der Waals surface area contributed by atoms with E-state index in [1.807, 2.05) is 30.3 Å². The Bertz CT molecular complexity index is 1870. The van der Waals surface area contributed by atoms with E-state index in [2.05, 4.69) is 26.9 Å². The molecule has 0 aliphatic heterocycles. The highest BCUT2D eigenvalue weighted by atomic mass is 35.5. The fraction of sp³-hybridized carbons (Fsp3) is 0.212. The second kappa shape index (κ2) is 13.9. The first kappa shape index (κ1) is 31.6. The molecule has 45 heavy (non-hydrogen) atoms. The third-order valence-electron chi connectivity index (χ3n) is 7.32. The van der Waals surface area contributed by atoms with Crippen molar-refractivity contribution in [3.8, 4) is 11.8 Å². The molecule has 1 aromatic heterocycles. The minimum Gasteiger partial charge on any atom is -0.507 e. The van der Waals surface area contributed by atoms with Crippen LogP contribution in [0, 0.1) is 18.3 Å². The van der Waals surface area contributed by atoms with Crippen molar-refractivity contribution in [1.29, 1.82) is 5.26 Å². The van der Waals surface area contributed by atoms with Crippen LogP contribution >= 0.6 is 23.2 Å². The summed E-state index contributed by atoms with van der Waals surface area (Å²) in [6.45, 7) is 3.25. The van der Waals surface area contributed by atoms with Crippen LogP contribution in [-0.2, 0) is 11.2 Å². The number of nitriles is 1. The van der Waals surface area contributed by atoms with E-state index in [1.54, 1.807) is 14.0 Å². The fourth-order valence-electron chi connectivity index (χ4n) is 5.08. The van der Waals surface area contributed by atoms with Gasteiger partial charge in [0.05, 0.1) is 32.3 Å². The number of ketones is 2. The van der Waals surface area contributed by atoms with Gasteiger partial charge >= 0.3 is 0 Å². The monoisotopic (exact) mass is 642 g/mol. The number of carbonyl (C=O) groups excluding carboxylic acids is 2. The molecule has 5 rings (SSSR count). The van der Waals surface area contributed by atoms with Gasteiger partial charge in [-0.05, 0) is 37.5 Å². The molecule has 0 atom stereocenters. The van der Waals surface area contributed by atoms with Crippen LogP contribution in [0.4, 0.5) is 23.0 Å². The Hall–Kier alpha value is -4.82. The molecule has 0 amide bonds. The van der Waals surface area contributed by atoms with E-state index in [4.69, 9.17) is 32.9 Å². The predicted octanol–water partition coefficient (Wildman–Crippen LogP) is 7.57. The molecule has 1 aliphatic rings. The van der Waals surface area contributed by atoms with Gasteiger partial charge in [-0.3, -0.25) is 9.59 Å². The molecular formula is C33H28Cl2N6O4. The molecule has 0 saturated carbocycles. The molecule has 1 heterocycles. The Balaban J connectivity index is 1.57. The lowest BCUT2D eigenvalue weighted by atomic mass is 9.82. The van der Waals surface area contributed by atoms with Gasteiger partial charge in [0.1, 0.15) is 29.0 Å². The Morgan fingerprint density at radius 3 is 2.38 bits per heavy atom. The normalized spacial score (nSPS) is 12.2. The Morgan fingerprint density at radius 2 is 1.64 bits per heavy atom. The van der Waals surface area contributed by atoms with Crippen LogP contribution in [-0.4, -0.2) is 48.5 Å². The van der Waals surface area contributed by atoms with Crippen molar-refractivity contribution < 1.29 is 19.4 Å². The first-order valence-corrected chi connectivity index (χ1v) is 14.8. The van der Waals surface area contributed by atoms with Crippen molar-refractivity contribution in [3.63, 3.8) is 0 Å². The van der Waals surface area contributed by atoms with Crippen LogP contribution in [0.5, 0.6) is 5.75 Å². The molecule has 228 valence electrons. The van der Waals surface area contributed by atoms with Crippen molar-refractivity contribution in [1.82, 2.24) is 4.98 Å². The maximum absolute atomic E-state index is 13.7. The zero-order valence-corrected chi connectivity index (χ0v) is 26.0. The molecule has 3 N–H and O–H groups in total. The van der Waals surface area contributed by atoms with Crippen LogP contribution < -0.4 is 10.6 Å². The third kappa shape index (κ3) is 6.37. The average molecular weight is 644 g/mol. The Labute approximate surface area is 269 Å². The summed E-state index contributed by atoms with van der Waals surface area (Å²) in [4.78, 5) is 31.8. The fourth-order valence-corrected chi connectivity index (χ4v) is 5.66. The number of carbonyl (C=O) groups is 2. The van der Waals surface area contributed by atoms with Gasteiger partial charge < -0.3 is 20.5 Å². The van der Waals surface area contributed by atoms with Crippen molar-refractivity contribution in [2.75, 3.05) is 37.4 Å². The highest BCUT2D eigenvalue weighted by Gasteiger charge is 2.37. The molecule has 0 saturated heterocycles. The Morgan fingerprint density at radius 1 is 0.911 bits per heavy atom. The summed E-state index contributed by atoms with van der Waals surface area (Å²) < 4.78 is 5.16. The highest BCUT2D eigenvalue weighted by molar-refractivity contribution is 6.43. The topological polar surface area (TPSA) is 149 Å². The first-order valence-electron chi connectivity index (χ1n) is 14.1. The number of benzene rings is 3. The number of nitrogens with zero attached hydrogens (tertiary/aromatic N) is 4. The third-order valence-corrected chi connectivity index (χ3v) is 7.90. The standard InChI is InChI=1S/C33H28Cl2N6O4/c1-18-21(17-36)32(38-14-12-19-8-4-3-5-9-19)39-33(37-13-7-15-45-2)28(18)40-41-29-23(35)16-22(34)26-27(29)31(44)25-20(30(26)43)10-6-11-24(25)42/h3-6,8-11,16,42H,7,12-15H2,1-2H3,(H2,37,38,39). The summed E-state index contributed by atoms with van der Waals surface area (Å²) in [5, 5.41) is 35.8. The number of nitrogens with one attached hydrogen (secondary N) is 2. The van der Waals surface area contributed by atoms with E-state index < -0.39 is 11.6 Å². The molecular weight excluding hydrogens is 615 g/mol. The number of aromatic nitrogens is 1. The lowest BCUT2D eigenvalue weighted by Gasteiger charge is -2.21. The van der Waals surface area contributed by atoms with Crippen molar-refractivity contribution in [2.45, 2.75) is 19.8 Å². The first-order chi connectivity index (χ1) is 21.8. The molecule has 0 unspecified atom stereocenters. The quantitative estimate of drug-likeness (QED) is 0.0986. The van der Waals surface area contributed by atoms with Crippen LogP contribution in [0.1, 0.15) is 55.0 Å². The lowest BCUT2D eigenvalue weighted by molar-refractivity contribution is 0.0977. The number of hydrogen-bond donors (Lipinski definition) is 3. The SMILES string of the molecule is COCCCNc1nc(NCCc2ccccc2)c(C#N)c(C)c1N=Nc1c(Cl)cc(Cl)c2c1C(=O)c1c(O)cccc1C2=O. The molecule has 12 heteroatoms. The number of aromatic hydroxyl groups is 1. The van der Waals surface area contributed by atoms with Crippen LogP contribution in [0.2, 0.25) is 10.0 Å². The number of anilines is 2. The summed E-state index contributed by atoms with van der Waals surface area (Å²) in [6.07, 6.45) is 1.39. The molecule has 0 radical (unpaired) electrons. The predicted molar refractivity (Wildman–Crippen MR) is 173 cm³/mol. The summed E-state index contributed by atoms with van der Waals surface area (Å²) in [5.41, 5.74) is 1.64. The smallest absolute Gasteiger partial charge is 0.200 e. The maximum Gasteiger partial charge on any atom is 0.200 e. The number of azo groups is 1. The molecule has 4 aromatic rings. The highest BCUT2D eigenvalue weighted by Crippen LogP contribution is 2.44. The van der Waals surface area contributed by atoms with Gasteiger partial charge in [-0.15, -0.1) is 10.2 Å². The zero-order chi connectivity index (χ0) is 32.1. The molecule has 10 nitrogen and oxygen atoms in total. The summed E-state index contributed by atoms with van der Waals surface area (Å²) >= 11 is 12.9. The van der Waals surface area contributed by atoms with E-state index in [-0.39, 0.29) is 55.0 Å². The van der Waals surface area contributed by atoms with Crippen molar-refractivity contribution >= 4 is 57.8 Å². The van der Waals surface area contributed by atoms with Crippen LogP contribution in [0.3, 0.4) is 0 Å². The van der Waals surface area contributed by atoms with Crippen LogP contribution in [0.25, 0.3) is 0 Å². The molecule has 0 fully saturated rings. The summed E-state index contributed by atoms with van der Waals surface area (Å²) in [7, 11) is 1.61. The minimum absolute atomic E-state index is 0.0243. The van der Waals surface area contributed by atoms with Crippen LogP contribution in [0.15, 0.2) is 64.8 Å². The number of methoxy groups -OCH3 is 1. The zero-order valence-electron chi connectivity index (χ0n) is 24.4. The van der Waals surface area contributed by atoms with Crippen molar-refractivity contribution in [3.05, 3.63) is 104 Å². The van der Waals surface area contributed by atoms with E-state index in [1.165, 1.54) is 24.3 Å². The number of halogens is 2. The number of phenolic OH excluding ortho intramolecular Hbond substituents is 1. The van der Waals surface area contributed by atoms with Gasteiger partial charge in [0.15, 0.2) is 11.6 Å². The number of rotatable bonds is 11. The molecule has 0 bridgehead atoms. The number of ether oxygens (including phenoxy) is 1. The van der Waals surface area contributed by atoms with E-state index in [9.17, 15) is 20.0 Å². The average Bonchev–Trinajstić information content (AvgIpc) is 3.02. The largest absolute Gasteiger partial charge is 0.507 e. The maximum atomic E-state index is 13.7. The summed E-state index contributed by atoms with van der Waals surface area (Å²) in [6, 6.07) is 17.7. The second-order valence-electron chi connectivity index (χ2n) is 10.2. The molecule has 1 aliphatic carbocycles. The van der Waals surface area contributed by atoms with Gasteiger partial charge in [0, 0.05) is 37.9 Å². The Kier molecular flexibility index (Phi) is 9.74. The lowest BCUT2D eigenvalue weighted by Crippen LogP contribution is -2.21. The van der Waals surface area contributed by atoms with E-state index in [0.717, 1.165) is 12.0 Å². The van der Waals surface area contributed by atoms with Gasteiger partial charge in [-0.25, -0.2) is 4.98 Å². The minimum atomic E-state index is -0.667. The second-order valence-corrected chi connectivity index (χ2v) is 11.0. The van der Waals surface area contributed by atoms with Gasteiger partial charge in [0.2, 0.25) is 5.78 Å². The number of hydrogen-bond acceptors (Lipinski definition) is 10. The summed E-state index contributed by atoms with van der Waals surface area (Å²) in [5.74, 6) is -0.844. The number of pyridine rings is 1. The molecule has 0 spiro atoms. The number of phenols is 1. The number of fused-ring (bicyclic) bond motifs is 2. The van der Waals surface area contributed by atoms with Crippen molar-refractivity contribution in [2.24, 2.45) is 10.2 Å². The van der Waals surface area contributed by atoms with Gasteiger partial charge in [0.25, 0.3) is 0 Å². The van der Waals surface area contributed by atoms with E-state index in [0.29, 0.717) is 43.3 Å². The van der Waals surface area contributed by atoms with Gasteiger partial charge in [-0.1, -0.05) is 65.7 Å².